The van der Waals surface area contributed by atoms with Crippen molar-refractivity contribution in [2.24, 2.45) is 0 Å². The first-order valence-corrected chi connectivity index (χ1v) is 5.43. The monoisotopic (exact) mass is 188 g/mol. The Morgan fingerprint density at radius 1 is 1.14 bits per heavy atom. The van der Waals surface area contributed by atoms with Gasteiger partial charge >= 0.3 is 0 Å². The summed E-state index contributed by atoms with van der Waals surface area (Å²) in [4.78, 5) is 0. The zero-order valence-electron chi connectivity index (χ0n) is 8.29. The minimum Gasteiger partial charge on any atom is -0.314 e. The van der Waals surface area contributed by atoms with Crippen molar-refractivity contribution < 1.29 is 0 Å². The smallest absolute Gasteiger partial charge is 0.0439 e. The van der Waals surface area contributed by atoms with E-state index in [0.717, 1.165) is 13.1 Å². The first-order valence-electron chi connectivity index (χ1n) is 5.43. The molecule has 2 heteroatoms. The summed E-state index contributed by atoms with van der Waals surface area (Å²) >= 11 is 0. The summed E-state index contributed by atoms with van der Waals surface area (Å²) in [6.45, 7) is 2.27. The number of benzene rings is 1. The molecule has 0 amide bonds. The van der Waals surface area contributed by atoms with Gasteiger partial charge in [0.2, 0.25) is 0 Å². The molecule has 0 unspecified atom stereocenters. The number of rotatable bonds is 3. The van der Waals surface area contributed by atoms with E-state index in [1.54, 1.807) is 0 Å². The van der Waals surface area contributed by atoms with Gasteiger partial charge in [0.1, 0.15) is 0 Å². The molecule has 0 atom stereocenters. The van der Waals surface area contributed by atoms with Gasteiger partial charge in [-0.05, 0) is 18.4 Å². The van der Waals surface area contributed by atoms with Crippen molar-refractivity contribution >= 4 is 0 Å². The zero-order valence-corrected chi connectivity index (χ0v) is 8.29. The van der Waals surface area contributed by atoms with Crippen molar-refractivity contribution in [3.8, 4) is 0 Å². The Hall–Kier alpha value is -0.860. The van der Waals surface area contributed by atoms with E-state index in [1.807, 2.05) is 0 Å². The van der Waals surface area contributed by atoms with Gasteiger partial charge in [-0.3, -0.25) is 0 Å². The van der Waals surface area contributed by atoms with Gasteiger partial charge in [0.05, 0.1) is 0 Å². The summed E-state index contributed by atoms with van der Waals surface area (Å²) < 4.78 is 0. The fourth-order valence-corrected chi connectivity index (χ4v) is 2.18. The molecule has 74 valence electrons. The third-order valence-electron chi connectivity index (χ3n) is 3.34. The van der Waals surface area contributed by atoms with Crippen LogP contribution in [0.3, 0.4) is 0 Å². The highest BCUT2D eigenvalue weighted by molar-refractivity contribution is 5.30. The average Bonchev–Trinajstić information content (AvgIpc) is 2.94. The van der Waals surface area contributed by atoms with Gasteiger partial charge < -0.3 is 10.6 Å². The lowest BCUT2D eigenvalue weighted by molar-refractivity contribution is 0.319. The summed E-state index contributed by atoms with van der Waals surface area (Å²) in [7, 11) is 0. The van der Waals surface area contributed by atoms with Crippen LogP contribution >= 0.6 is 0 Å². The molecular weight excluding hydrogens is 172 g/mol. The number of hydrogen-bond donors (Lipinski definition) is 2. The van der Waals surface area contributed by atoms with Gasteiger partial charge in [0.25, 0.3) is 0 Å². The lowest BCUT2D eigenvalue weighted by Crippen LogP contribution is -2.58. The minimum absolute atomic E-state index is 0.327. The van der Waals surface area contributed by atoms with Crippen LogP contribution in [-0.4, -0.2) is 19.1 Å². The summed E-state index contributed by atoms with van der Waals surface area (Å²) in [6, 6.07) is 11.5. The van der Waals surface area contributed by atoms with E-state index in [4.69, 9.17) is 0 Å². The first-order chi connectivity index (χ1) is 6.89. The van der Waals surface area contributed by atoms with Gasteiger partial charge in [0.15, 0.2) is 0 Å². The zero-order chi connectivity index (χ0) is 9.43. The molecule has 0 spiro atoms. The van der Waals surface area contributed by atoms with E-state index in [2.05, 4.69) is 41.0 Å². The summed E-state index contributed by atoms with van der Waals surface area (Å²) in [6.07, 6.45) is 2.60. The minimum atomic E-state index is 0.327. The molecule has 1 aliphatic heterocycles. The fraction of sp³-hybridized carbons (Fsp3) is 0.500. The average molecular weight is 188 g/mol. The fourth-order valence-electron chi connectivity index (χ4n) is 2.18. The molecule has 2 fully saturated rings. The van der Waals surface area contributed by atoms with Crippen molar-refractivity contribution in [1.29, 1.82) is 0 Å². The summed E-state index contributed by atoms with van der Waals surface area (Å²) in [5.41, 5.74) is 1.79. The lowest BCUT2D eigenvalue weighted by Gasteiger charge is -2.33. The highest BCUT2D eigenvalue weighted by Gasteiger charge is 2.45. The molecule has 0 aromatic heterocycles. The molecular formula is C12H16N2. The predicted octanol–water partition coefficient (Wildman–Crippen LogP) is 1.24. The van der Waals surface area contributed by atoms with E-state index >= 15 is 0 Å². The largest absolute Gasteiger partial charge is 0.314 e. The van der Waals surface area contributed by atoms with Crippen LogP contribution in [0.2, 0.25) is 0 Å². The molecule has 3 rings (SSSR count). The van der Waals surface area contributed by atoms with Crippen LogP contribution in [-0.2, 0) is 5.54 Å². The maximum Gasteiger partial charge on any atom is 0.0439 e. The van der Waals surface area contributed by atoms with Crippen LogP contribution < -0.4 is 10.6 Å². The van der Waals surface area contributed by atoms with Crippen molar-refractivity contribution in [3.63, 3.8) is 0 Å². The van der Waals surface area contributed by atoms with Gasteiger partial charge in [-0.15, -0.1) is 0 Å². The normalized spacial score (nSPS) is 24.3. The van der Waals surface area contributed by atoms with E-state index in [0.29, 0.717) is 11.6 Å². The van der Waals surface area contributed by atoms with Crippen LogP contribution in [0, 0.1) is 0 Å². The van der Waals surface area contributed by atoms with E-state index in [1.165, 1.54) is 18.4 Å². The third-order valence-corrected chi connectivity index (χ3v) is 3.34. The highest BCUT2D eigenvalue weighted by atomic mass is 15.2. The Morgan fingerprint density at radius 3 is 2.36 bits per heavy atom. The molecule has 14 heavy (non-hydrogen) atoms. The predicted molar refractivity (Wildman–Crippen MR) is 57.1 cm³/mol. The van der Waals surface area contributed by atoms with Crippen molar-refractivity contribution in [2.75, 3.05) is 13.1 Å². The Bertz CT molecular complexity index is 312. The summed E-state index contributed by atoms with van der Waals surface area (Å²) in [5.74, 6) is 0. The first kappa shape index (κ1) is 8.45. The quantitative estimate of drug-likeness (QED) is 0.745. The molecule has 0 radical (unpaired) electrons. The molecule has 1 saturated heterocycles. The van der Waals surface area contributed by atoms with E-state index in [-0.39, 0.29) is 0 Å². The van der Waals surface area contributed by atoms with Gasteiger partial charge in [-0.2, -0.15) is 0 Å². The molecule has 1 aliphatic carbocycles. The second-order valence-corrected chi connectivity index (χ2v) is 4.45. The van der Waals surface area contributed by atoms with Crippen LogP contribution in [0.4, 0.5) is 0 Å². The van der Waals surface area contributed by atoms with Gasteiger partial charge in [0, 0.05) is 24.7 Å². The van der Waals surface area contributed by atoms with Crippen molar-refractivity contribution in [1.82, 2.24) is 10.6 Å². The second-order valence-electron chi connectivity index (χ2n) is 4.45. The van der Waals surface area contributed by atoms with Crippen LogP contribution in [0.5, 0.6) is 0 Å². The second kappa shape index (κ2) is 3.07. The Morgan fingerprint density at radius 2 is 1.86 bits per heavy atom. The van der Waals surface area contributed by atoms with Gasteiger partial charge in [-0.1, -0.05) is 30.3 Å². The van der Waals surface area contributed by atoms with E-state index < -0.39 is 0 Å². The summed E-state index contributed by atoms with van der Waals surface area (Å²) in [5, 5.41) is 7.06. The number of nitrogens with one attached hydrogen (secondary N) is 2. The Balaban J connectivity index is 1.76. The molecule has 1 heterocycles. The molecule has 1 aromatic carbocycles. The van der Waals surface area contributed by atoms with Crippen molar-refractivity contribution in [2.45, 2.75) is 24.4 Å². The molecule has 0 bridgehead atoms. The molecule has 2 nitrogen and oxygen atoms in total. The Kier molecular flexibility index (Phi) is 1.85. The van der Waals surface area contributed by atoms with E-state index in [9.17, 15) is 0 Å². The molecule has 2 aliphatic rings. The topological polar surface area (TPSA) is 24.1 Å². The maximum atomic E-state index is 3.76. The molecule has 1 saturated carbocycles. The SMILES string of the molecule is c1ccc(C2(NC3CNC3)CC2)cc1. The Labute approximate surface area is 84.7 Å². The van der Waals surface area contributed by atoms with Crippen LogP contribution in [0.1, 0.15) is 18.4 Å². The van der Waals surface area contributed by atoms with Gasteiger partial charge in [-0.25, -0.2) is 0 Å². The maximum absolute atomic E-state index is 3.76. The lowest BCUT2D eigenvalue weighted by atomic mass is 10.0. The molecule has 2 N–H and O–H groups in total. The highest BCUT2D eigenvalue weighted by Crippen LogP contribution is 2.45. The van der Waals surface area contributed by atoms with Crippen LogP contribution in [0.25, 0.3) is 0 Å². The third kappa shape index (κ3) is 1.35. The molecule has 1 aromatic rings. The standard InChI is InChI=1S/C12H16N2/c1-2-4-10(5-3-1)12(6-7-12)14-11-8-13-9-11/h1-5,11,13-14H,6-9H2. The van der Waals surface area contributed by atoms with Crippen LogP contribution in [0.15, 0.2) is 30.3 Å². The van der Waals surface area contributed by atoms with Crippen molar-refractivity contribution in [3.05, 3.63) is 35.9 Å². The number of hydrogen-bond acceptors (Lipinski definition) is 2.